The Hall–Kier alpha value is -1.61. The number of carbonyl (C=O) groups excluding carboxylic acids is 1. The molecule has 0 aliphatic rings. The number of nitrogens with two attached hydrogens (primary N) is 1. The Labute approximate surface area is 99.4 Å². The molecule has 96 valence electrons. The van der Waals surface area contributed by atoms with Crippen LogP contribution in [0.5, 0.6) is 0 Å². The maximum atomic E-state index is 11.6. The minimum atomic E-state index is -3.91. The first kappa shape index (κ1) is 13.5. The number of carbonyl (C=O) groups is 1. The number of rotatable bonds is 3. The Morgan fingerprint density at radius 3 is 2.71 bits per heavy atom. The molecule has 0 aliphatic carbocycles. The van der Waals surface area contributed by atoms with E-state index < -0.39 is 16.1 Å². The van der Waals surface area contributed by atoms with Crippen molar-refractivity contribution in [3.05, 3.63) is 6.20 Å². The predicted molar refractivity (Wildman–Crippen MR) is 61.9 cm³/mol. The van der Waals surface area contributed by atoms with Crippen molar-refractivity contribution in [3.63, 3.8) is 0 Å². The van der Waals surface area contributed by atoms with Gasteiger partial charge in [-0.1, -0.05) is 0 Å². The van der Waals surface area contributed by atoms with Crippen LogP contribution in [0.2, 0.25) is 0 Å². The second-order valence-corrected chi connectivity index (χ2v) is 5.03. The molecule has 3 N–H and O–H groups in total. The number of aromatic nitrogens is 2. The van der Waals surface area contributed by atoms with E-state index in [4.69, 9.17) is 5.14 Å². The van der Waals surface area contributed by atoms with Gasteiger partial charge in [-0.3, -0.25) is 10.00 Å². The summed E-state index contributed by atoms with van der Waals surface area (Å²) in [4.78, 5) is 12.7. The molecule has 8 nitrogen and oxygen atoms in total. The molecule has 0 saturated carbocycles. The van der Waals surface area contributed by atoms with Gasteiger partial charge in [0.15, 0.2) is 5.82 Å². The quantitative estimate of drug-likeness (QED) is 0.767. The largest absolute Gasteiger partial charge is 0.328 e. The minimum Gasteiger partial charge on any atom is -0.328 e. The minimum absolute atomic E-state index is 0.0692. The summed E-state index contributed by atoms with van der Waals surface area (Å²) in [6.45, 7) is 2.28. The molecule has 0 aromatic carbocycles. The fourth-order valence-corrected chi connectivity index (χ4v) is 1.76. The van der Waals surface area contributed by atoms with Crippen molar-refractivity contribution >= 4 is 21.9 Å². The lowest BCUT2D eigenvalue weighted by Gasteiger charge is -2.14. The Balaban J connectivity index is 3.04. The number of hydrogen-bond donors (Lipinski definition) is 2. The number of urea groups is 1. The molecule has 0 bridgehead atoms. The second-order valence-electron chi connectivity index (χ2n) is 3.50. The van der Waals surface area contributed by atoms with Gasteiger partial charge in [0.2, 0.25) is 10.0 Å². The molecular weight excluding hydrogens is 246 g/mol. The summed E-state index contributed by atoms with van der Waals surface area (Å²) < 4.78 is 23.8. The third kappa shape index (κ3) is 3.17. The Morgan fingerprint density at radius 1 is 1.65 bits per heavy atom. The van der Waals surface area contributed by atoms with Gasteiger partial charge in [0, 0.05) is 26.8 Å². The molecular formula is C8H15N5O3S. The molecule has 0 aliphatic heterocycles. The van der Waals surface area contributed by atoms with Crippen LogP contribution < -0.4 is 10.5 Å². The molecule has 2 amide bonds. The first-order valence-corrected chi connectivity index (χ1v) is 6.39. The van der Waals surface area contributed by atoms with Crippen LogP contribution in [0.1, 0.15) is 6.92 Å². The SMILES string of the molecule is CCN(C)C(=O)Nc1nn(C)cc1S(N)(=O)=O. The number of anilines is 1. The molecule has 0 radical (unpaired) electrons. The van der Waals surface area contributed by atoms with Crippen LogP contribution >= 0.6 is 0 Å². The van der Waals surface area contributed by atoms with E-state index in [9.17, 15) is 13.2 Å². The summed E-state index contributed by atoms with van der Waals surface area (Å²) in [5.41, 5.74) is 0. The predicted octanol–water partition coefficient (Wildman–Crippen LogP) is -0.449. The van der Waals surface area contributed by atoms with Crippen molar-refractivity contribution in [2.45, 2.75) is 11.8 Å². The molecule has 1 aromatic rings. The van der Waals surface area contributed by atoms with E-state index in [2.05, 4.69) is 10.4 Å². The average molecular weight is 261 g/mol. The lowest BCUT2D eigenvalue weighted by atomic mass is 10.6. The van der Waals surface area contributed by atoms with Gasteiger partial charge >= 0.3 is 6.03 Å². The summed E-state index contributed by atoms with van der Waals surface area (Å²) >= 11 is 0. The highest BCUT2D eigenvalue weighted by atomic mass is 32.2. The van der Waals surface area contributed by atoms with Gasteiger partial charge in [0.25, 0.3) is 0 Å². The van der Waals surface area contributed by atoms with E-state index in [0.717, 1.165) is 0 Å². The van der Waals surface area contributed by atoms with E-state index >= 15 is 0 Å². The molecule has 1 rings (SSSR count). The highest BCUT2D eigenvalue weighted by molar-refractivity contribution is 7.89. The summed E-state index contributed by atoms with van der Waals surface area (Å²) in [6.07, 6.45) is 1.23. The maximum Gasteiger partial charge on any atom is 0.322 e. The van der Waals surface area contributed by atoms with Gasteiger partial charge in [0.05, 0.1) is 0 Å². The van der Waals surface area contributed by atoms with Gasteiger partial charge in [-0.05, 0) is 6.92 Å². The van der Waals surface area contributed by atoms with E-state index in [1.54, 1.807) is 14.0 Å². The van der Waals surface area contributed by atoms with Crippen LogP contribution in [0.4, 0.5) is 10.6 Å². The number of sulfonamides is 1. The first-order valence-electron chi connectivity index (χ1n) is 4.84. The van der Waals surface area contributed by atoms with Gasteiger partial charge in [-0.15, -0.1) is 0 Å². The standard InChI is InChI=1S/C8H15N5O3S/c1-4-12(2)8(14)10-7-6(17(9,15)16)5-13(3)11-7/h5H,4H2,1-3H3,(H2,9,15,16)(H,10,11,14). The fourth-order valence-electron chi connectivity index (χ4n) is 1.10. The summed E-state index contributed by atoms with van der Waals surface area (Å²) in [6, 6.07) is -0.448. The van der Waals surface area contributed by atoms with Gasteiger partial charge in [-0.2, -0.15) is 5.10 Å². The monoisotopic (exact) mass is 261 g/mol. The van der Waals surface area contributed by atoms with Gasteiger partial charge < -0.3 is 4.90 Å². The van der Waals surface area contributed by atoms with Crippen LogP contribution in [0.15, 0.2) is 11.1 Å². The topological polar surface area (TPSA) is 110 Å². The molecule has 0 atom stereocenters. The van der Waals surface area contributed by atoms with Crippen molar-refractivity contribution < 1.29 is 13.2 Å². The number of hydrogen-bond acceptors (Lipinski definition) is 4. The lowest BCUT2D eigenvalue weighted by molar-refractivity contribution is 0.224. The molecule has 9 heteroatoms. The van der Waals surface area contributed by atoms with E-state index in [0.29, 0.717) is 6.54 Å². The smallest absolute Gasteiger partial charge is 0.322 e. The van der Waals surface area contributed by atoms with E-state index in [1.165, 1.54) is 22.8 Å². The number of nitrogens with one attached hydrogen (secondary N) is 1. The zero-order valence-electron chi connectivity index (χ0n) is 9.84. The lowest BCUT2D eigenvalue weighted by Crippen LogP contribution is -2.31. The number of nitrogens with zero attached hydrogens (tertiary/aromatic N) is 3. The Bertz CT molecular complexity index is 521. The highest BCUT2D eigenvalue weighted by Crippen LogP contribution is 2.17. The van der Waals surface area contributed by atoms with Crippen molar-refractivity contribution in [2.24, 2.45) is 12.2 Å². The Morgan fingerprint density at radius 2 is 2.24 bits per heavy atom. The van der Waals surface area contributed by atoms with Gasteiger partial charge in [0.1, 0.15) is 4.90 Å². The second kappa shape index (κ2) is 4.72. The van der Waals surface area contributed by atoms with E-state index in [-0.39, 0.29) is 10.7 Å². The number of aryl methyl sites for hydroxylation is 1. The normalized spacial score (nSPS) is 11.3. The van der Waals surface area contributed by atoms with E-state index in [1.807, 2.05) is 0 Å². The maximum absolute atomic E-state index is 11.6. The highest BCUT2D eigenvalue weighted by Gasteiger charge is 2.20. The van der Waals surface area contributed by atoms with Crippen LogP contribution in [0.25, 0.3) is 0 Å². The zero-order chi connectivity index (χ0) is 13.2. The molecule has 0 unspecified atom stereocenters. The van der Waals surface area contributed by atoms with Crippen molar-refractivity contribution in [1.29, 1.82) is 0 Å². The fraction of sp³-hybridized carbons (Fsp3) is 0.500. The van der Waals surface area contributed by atoms with Crippen molar-refractivity contribution in [3.8, 4) is 0 Å². The average Bonchev–Trinajstić information content (AvgIpc) is 2.57. The first-order chi connectivity index (χ1) is 7.75. The van der Waals surface area contributed by atoms with Crippen molar-refractivity contribution in [1.82, 2.24) is 14.7 Å². The van der Waals surface area contributed by atoms with Crippen LogP contribution in [0.3, 0.4) is 0 Å². The molecule has 1 heterocycles. The number of primary sulfonamides is 1. The van der Waals surface area contributed by atoms with Crippen molar-refractivity contribution in [2.75, 3.05) is 18.9 Å². The zero-order valence-corrected chi connectivity index (χ0v) is 10.7. The molecule has 0 spiro atoms. The molecule has 0 fully saturated rings. The van der Waals surface area contributed by atoms with Crippen LogP contribution in [-0.2, 0) is 17.1 Å². The molecule has 17 heavy (non-hydrogen) atoms. The molecule has 1 aromatic heterocycles. The number of amides is 2. The summed E-state index contributed by atoms with van der Waals surface area (Å²) in [5, 5.41) is 11.2. The third-order valence-corrected chi connectivity index (χ3v) is 3.06. The van der Waals surface area contributed by atoms with Crippen LogP contribution in [0, 0.1) is 0 Å². The molecule has 0 saturated heterocycles. The Kier molecular flexibility index (Phi) is 3.73. The third-order valence-electron chi connectivity index (χ3n) is 2.15. The van der Waals surface area contributed by atoms with Crippen LogP contribution in [-0.4, -0.2) is 42.7 Å². The summed E-state index contributed by atoms with van der Waals surface area (Å²) in [5.74, 6) is -0.0692. The summed E-state index contributed by atoms with van der Waals surface area (Å²) in [7, 11) is -0.793. The van der Waals surface area contributed by atoms with Gasteiger partial charge in [-0.25, -0.2) is 18.4 Å².